The lowest BCUT2D eigenvalue weighted by Crippen LogP contribution is -2.08. The molecule has 0 saturated heterocycles. The fourth-order valence-electron chi connectivity index (χ4n) is 0.304. The second-order valence-corrected chi connectivity index (χ2v) is 3.47. The van der Waals surface area contributed by atoms with E-state index in [1.165, 1.54) is 0 Å². The van der Waals surface area contributed by atoms with E-state index in [0.717, 1.165) is 6.07 Å². The summed E-state index contributed by atoms with van der Waals surface area (Å²) in [5, 5.41) is 4.68. The maximum absolute atomic E-state index is 12.1. The Labute approximate surface area is 63.4 Å². The molecule has 0 heterocycles. The zero-order valence-electron chi connectivity index (χ0n) is 5.90. The van der Waals surface area contributed by atoms with Gasteiger partial charge in [0.2, 0.25) is 0 Å². The zero-order valence-corrected chi connectivity index (χ0v) is 6.71. The normalized spacial score (nSPS) is 11.6. The highest BCUT2D eigenvalue weighted by Gasteiger charge is 2.28. The maximum atomic E-state index is 12.1. The molecular weight excluding hydrogens is 156 g/mol. The second kappa shape index (κ2) is 3.77. The van der Waals surface area contributed by atoms with Crippen molar-refractivity contribution in [3.8, 4) is 6.07 Å². The lowest BCUT2D eigenvalue weighted by Gasteiger charge is -2.07. The first kappa shape index (κ1) is 9.70. The fourth-order valence-corrected chi connectivity index (χ4v) is 0.911. The molecule has 0 aliphatic carbocycles. The molecule has 4 heteroatoms. The molecule has 0 aliphatic rings. The lowest BCUT2D eigenvalue weighted by atomic mass is 10.3. The van der Waals surface area contributed by atoms with Crippen molar-refractivity contribution in [3.05, 3.63) is 0 Å². The molecule has 1 nitrogen and oxygen atoms in total. The molecule has 0 aromatic rings. The van der Waals surface area contributed by atoms with E-state index in [1.807, 2.05) is 13.8 Å². The third-order valence-electron chi connectivity index (χ3n) is 0.728. The summed E-state index contributed by atoms with van der Waals surface area (Å²) in [7, 11) is 0. The van der Waals surface area contributed by atoms with Gasteiger partial charge in [0.05, 0.1) is 0 Å². The topological polar surface area (TPSA) is 23.8 Å². The second-order valence-electron chi connectivity index (χ2n) is 2.33. The minimum Gasteiger partial charge on any atom is -0.191 e. The van der Waals surface area contributed by atoms with Gasteiger partial charge in [-0.2, -0.15) is 14.0 Å². The molecule has 0 bridgehead atoms. The van der Waals surface area contributed by atoms with Crippen LogP contribution in [0.5, 0.6) is 0 Å². The number of hydrogen-bond donors (Lipinski definition) is 0. The zero-order chi connectivity index (χ0) is 8.20. The molecule has 0 aliphatic heterocycles. The number of nitrogens with zero attached hydrogens (tertiary/aromatic N) is 1. The predicted molar refractivity (Wildman–Crippen MR) is 37.9 cm³/mol. The van der Waals surface area contributed by atoms with Crippen molar-refractivity contribution in [2.45, 2.75) is 19.1 Å². The van der Waals surface area contributed by atoms with Crippen LogP contribution >= 0.6 is 11.8 Å². The average molecular weight is 165 g/mol. The highest BCUT2D eigenvalue weighted by atomic mass is 32.2. The number of rotatable bonds is 3. The first-order chi connectivity index (χ1) is 4.48. The van der Waals surface area contributed by atoms with Gasteiger partial charge in [0.1, 0.15) is 0 Å². The highest BCUT2D eigenvalue weighted by Crippen LogP contribution is 2.29. The van der Waals surface area contributed by atoms with E-state index in [4.69, 9.17) is 5.26 Å². The Bertz CT molecular complexity index is 139. The van der Waals surface area contributed by atoms with Crippen LogP contribution < -0.4 is 0 Å². The Hall–Kier alpha value is -0.300. The van der Waals surface area contributed by atoms with Gasteiger partial charge >= 0.3 is 5.25 Å². The number of alkyl halides is 2. The summed E-state index contributed by atoms with van der Waals surface area (Å²) in [6.07, 6.45) is 0. The summed E-state index contributed by atoms with van der Waals surface area (Å²) in [4.78, 5) is 0. The van der Waals surface area contributed by atoms with Crippen LogP contribution in [-0.2, 0) is 0 Å². The van der Waals surface area contributed by atoms with Crippen molar-refractivity contribution >= 4 is 11.8 Å². The fraction of sp³-hybridized carbons (Fsp3) is 0.833. The van der Waals surface area contributed by atoms with Crippen LogP contribution in [0.4, 0.5) is 8.78 Å². The van der Waals surface area contributed by atoms with Crippen LogP contribution in [0.15, 0.2) is 0 Å². The first-order valence-corrected chi connectivity index (χ1v) is 3.89. The van der Waals surface area contributed by atoms with Crippen molar-refractivity contribution in [1.29, 1.82) is 5.26 Å². The Kier molecular flexibility index (Phi) is 3.66. The molecule has 0 unspecified atom stereocenters. The summed E-state index contributed by atoms with van der Waals surface area (Å²) in [6.45, 7) is 3.67. The molecule has 0 saturated carbocycles. The molecule has 0 aromatic heterocycles. The Morgan fingerprint density at radius 3 is 2.40 bits per heavy atom. The molecule has 10 heavy (non-hydrogen) atoms. The van der Waals surface area contributed by atoms with Crippen molar-refractivity contribution in [3.63, 3.8) is 0 Å². The van der Waals surface area contributed by atoms with Gasteiger partial charge in [0, 0.05) is 5.75 Å². The van der Waals surface area contributed by atoms with Gasteiger partial charge in [0.25, 0.3) is 0 Å². The maximum Gasteiger partial charge on any atom is 0.380 e. The molecule has 58 valence electrons. The Morgan fingerprint density at radius 2 is 2.10 bits per heavy atom. The molecule has 0 aromatic carbocycles. The van der Waals surface area contributed by atoms with Gasteiger partial charge < -0.3 is 0 Å². The van der Waals surface area contributed by atoms with Gasteiger partial charge in [-0.25, -0.2) is 0 Å². The molecule has 0 N–H and O–H groups in total. The number of thioether (sulfide) groups is 1. The van der Waals surface area contributed by atoms with Crippen LogP contribution in [0, 0.1) is 17.2 Å². The Morgan fingerprint density at radius 1 is 1.60 bits per heavy atom. The monoisotopic (exact) mass is 165 g/mol. The quantitative estimate of drug-likeness (QED) is 0.641. The van der Waals surface area contributed by atoms with Gasteiger partial charge in [0.15, 0.2) is 6.07 Å². The predicted octanol–water partition coefficient (Wildman–Crippen LogP) is 2.49. The summed E-state index contributed by atoms with van der Waals surface area (Å²) in [5.74, 6) is 0.518. The van der Waals surface area contributed by atoms with Crippen molar-refractivity contribution in [2.24, 2.45) is 5.92 Å². The largest absolute Gasteiger partial charge is 0.380 e. The summed E-state index contributed by atoms with van der Waals surface area (Å²) < 4.78 is 24.2. The van der Waals surface area contributed by atoms with Gasteiger partial charge in [-0.15, -0.1) is 0 Å². The molecule has 0 amide bonds. The van der Waals surface area contributed by atoms with E-state index in [-0.39, 0.29) is 5.92 Å². The van der Waals surface area contributed by atoms with Gasteiger partial charge in [-0.05, 0) is 5.92 Å². The van der Waals surface area contributed by atoms with Crippen LogP contribution in [0.3, 0.4) is 0 Å². The molecule has 0 radical (unpaired) electrons. The summed E-state index contributed by atoms with van der Waals surface area (Å²) >= 11 is 0.392. The average Bonchev–Trinajstić information content (AvgIpc) is 1.85. The minimum absolute atomic E-state index is 0.198. The van der Waals surface area contributed by atoms with Crippen molar-refractivity contribution in [1.82, 2.24) is 0 Å². The van der Waals surface area contributed by atoms with E-state index in [9.17, 15) is 8.78 Å². The van der Waals surface area contributed by atoms with E-state index in [2.05, 4.69) is 0 Å². The number of nitriles is 1. The molecule has 0 atom stereocenters. The van der Waals surface area contributed by atoms with Crippen molar-refractivity contribution < 1.29 is 8.78 Å². The SMILES string of the molecule is CC(C)CSC(F)(F)C#N. The molecule has 0 rings (SSSR count). The first-order valence-electron chi connectivity index (χ1n) is 2.91. The smallest absolute Gasteiger partial charge is 0.191 e. The Balaban J connectivity index is 3.60. The van der Waals surface area contributed by atoms with Crippen LogP contribution in [0.1, 0.15) is 13.8 Å². The van der Waals surface area contributed by atoms with E-state index < -0.39 is 5.25 Å². The molecule has 0 fully saturated rings. The van der Waals surface area contributed by atoms with E-state index >= 15 is 0 Å². The summed E-state index contributed by atoms with van der Waals surface area (Å²) in [5.41, 5.74) is 0. The van der Waals surface area contributed by atoms with Crippen LogP contribution in [0.25, 0.3) is 0 Å². The highest BCUT2D eigenvalue weighted by molar-refractivity contribution is 8.00. The standard InChI is InChI=1S/C6H9F2NS/c1-5(2)3-10-6(7,8)4-9/h5H,3H2,1-2H3. The van der Waals surface area contributed by atoms with Gasteiger partial charge in [-0.3, -0.25) is 0 Å². The third-order valence-corrected chi connectivity index (χ3v) is 2.02. The van der Waals surface area contributed by atoms with Gasteiger partial charge in [-0.1, -0.05) is 25.6 Å². The van der Waals surface area contributed by atoms with Crippen molar-refractivity contribution in [2.75, 3.05) is 5.75 Å². The van der Waals surface area contributed by atoms with Crippen LogP contribution in [0.2, 0.25) is 0 Å². The molecular formula is C6H9F2NS. The minimum atomic E-state index is -3.20. The van der Waals surface area contributed by atoms with E-state index in [1.54, 1.807) is 0 Å². The van der Waals surface area contributed by atoms with Crippen LogP contribution in [-0.4, -0.2) is 11.0 Å². The number of halogens is 2. The number of hydrogen-bond acceptors (Lipinski definition) is 2. The van der Waals surface area contributed by atoms with E-state index in [0.29, 0.717) is 17.5 Å². The summed E-state index contributed by atoms with van der Waals surface area (Å²) in [6, 6.07) is 0.926. The molecule has 0 spiro atoms. The lowest BCUT2D eigenvalue weighted by molar-refractivity contribution is 0.171. The third kappa shape index (κ3) is 4.57.